The number of likely N-dealkylation sites (tertiary alicyclic amines) is 1. The Labute approximate surface area is 183 Å². The van der Waals surface area contributed by atoms with Crippen molar-refractivity contribution in [1.29, 1.82) is 0 Å². The standard InChI is InChI=1S/C24H35NO6/c1-5-25-11-22(3)8-7-15(29-4)24-14-10-13-6-9-23(28,16(14)21(27)31-13)17(20(24)25)18(19(22)24)30-12(2)26/h13-20,28H,5-11H2,1-4H3/t13-,14+,15-,16+,17-,18+,19+,20?,22-,23+,24-/m0/s1. The maximum atomic E-state index is 13.3. The number of nitrogens with zero attached hydrogens (tertiary/aromatic N) is 1. The summed E-state index contributed by atoms with van der Waals surface area (Å²) in [6.45, 7) is 7.79. The summed E-state index contributed by atoms with van der Waals surface area (Å²) >= 11 is 0. The second kappa shape index (κ2) is 6.23. The van der Waals surface area contributed by atoms with Crippen molar-refractivity contribution in [3.05, 3.63) is 0 Å². The molecular formula is C24H35NO6. The van der Waals surface area contributed by atoms with Crippen LogP contribution in [0.5, 0.6) is 0 Å². The van der Waals surface area contributed by atoms with Crippen molar-refractivity contribution in [2.24, 2.45) is 34.5 Å². The van der Waals surface area contributed by atoms with Gasteiger partial charge in [0.2, 0.25) is 0 Å². The molecular weight excluding hydrogens is 398 g/mol. The number of carbonyl (C=O) groups is 2. The van der Waals surface area contributed by atoms with Gasteiger partial charge in [0, 0.05) is 43.9 Å². The van der Waals surface area contributed by atoms with Crippen molar-refractivity contribution < 1.29 is 28.9 Å². The van der Waals surface area contributed by atoms with E-state index >= 15 is 0 Å². The number of piperidine rings is 1. The molecule has 0 radical (unpaired) electrons. The quantitative estimate of drug-likeness (QED) is 0.679. The smallest absolute Gasteiger partial charge is 0.312 e. The van der Waals surface area contributed by atoms with Crippen LogP contribution in [-0.2, 0) is 23.8 Å². The van der Waals surface area contributed by atoms with Gasteiger partial charge in [0.1, 0.15) is 12.2 Å². The molecule has 9 bridgehead atoms. The van der Waals surface area contributed by atoms with E-state index in [1.807, 2.05) is 0 Å². The van der Waals surface area contributed by atoms with Crippen LogP contribution in [0, 0.1) is 34.5 Å². The average molecular weight is 434 g/mol. The fourth-order valence-corrected chi connectivity index (χ4v) is 9.93. The highest BCUT2D eigenvalue weighted by molar-refractivity contribution is 5.77. The highest BCUT2D eigenvalue weighted by Gasteiger charge is 2.85. The second-order valence-electron chi connectivity index (χ2n) is 11.4. The van der Waals surface area contributed by atoms with E-state index in [1.54, 1.807) is 7.11 Å². The van der Waals surface area contributed by atoms with Gasteiger partial charge in [0.25, 0.3) is 0 Å². The van der Waals surface area contributed by atoms with Gasteiger partial charge < -0.3 is 19.3 Å². The van der Waals surface area contributed by atoms with Gasteiger partial charge in [-0.05, 0) is 50.0 Å². The van der Waals surface area contributed by atoms with Gasteiger partial charge in [-0.15, -0.1) is 0 Å². The van der Waals surface area contributed by atoms with Gasteiger partial charge in [-0.1, -0.05) is 13.8 Å². The van der Waals surface area contributed by atoms with Crippen LogP contribution in [0.3, 0.4) is 0 Å². The molecule has 0 aromatic heterocycles. The van der Waals surface area contributed by atoms with Gasteiger partial charge in [0.05, 0.1) is 17.6 Å². The average Bonchev–Trinajstić information content (AvgIpc) is 2.77. The van der Waals surface area contributed by atoms with E-state index in [-0.39, 0.29) is 58.8 Å². The van der Waals surface area contributed by atoms with Crippen LogP contribution in [0.25, 0.3) is 0 Å². The molecule has 0 aromatic rings. The van der Waals surface area contributed by atoms with Crippen molar-refractivity contribution in [3.8, 4) is 0 Å². The summed E-state index contributed by atoms with van der Waals surface area (Å²) in [5, 5.41) is 12.4. The number of hydrogen-bond acceptors (Lipinski definition) is 7. The van der Waals surface area contributed by atoms with Crippen LogP contribution in [0.4, 0.5) is 0 Å². The Balaban J connectivity index is 1.66. The molecule has 7 aliphatic rings. The predicted octanol–water partition coefficient (Wildman–Crippen LogP) is 1.76. The van der Waals surface area contributed by atoms with Gasteiger partial charge in [-0.2, -0.15) is 0 Å². The Hall–Kier alpha value is -1.18. The first-order valence-electron chi connectivity index (χ1n) is 12.1. The Bertz CT molecular complexity index is 833. The highest BCUT2D eigenvalue weighted by Crippen LogP contribution is 2.77. The number of esters is 2. The molecule has 7 heteroatoms. The predicted molar refractivity (Wildman–Crippen MR) is 110 cm³/mol. The molecule has 3 saturated heterocycles. The summed E-state index contributed by atoms with van der Waals surface area (Å²) in [5.74, 6) is -1.36. The number of carbonyl (C=O) groups excluding carboxylic acids is 2. The molecule has 7 fully saturated rings. The van der Waals surface area contributed by atoms with Crippen molar-refractivity contribution in [3.63, 3.8) is 0 Å². The maximum absolute atomic E-state index is 13.3. The molecule has 11 atom stereocenters. The highest BCUT2D eigenvalue weighted by atomic mass is 16.6. The van der Waals surface area contributed by atoms with Crippen LogP contribution >= 0.6 is 0 Å². The van der Waals surface area contributed by atoms with Gasteiger partial charge in [-0.25, -0.2) is 0 Å². The Morgan fingerprint density at radius 1 is 1.32 bits per heavy atom. The summed E-state index contributed by atoms with van der Waals surface area (Å²) in [4.78, 5) is 28.2. The first-order chi connectivity index (χ1) is 14.7. The Morgan fingerprint density at radius 2 is 2.10 bits per heavy atom. The molecule has 172 valence electrons. The SMILES string of the molecule is CCN1C[C@]2(C)CC[C@H](OC)[C@]34C1[C@H]([C@@H](OC(C)=O)[C@H]23)[C@@]1(O)CC[C@H]2C[C@@H]4[C@@H]1C(=O)O2. The number of fused-ring (bicyclic) bond motifs is 2. The Morgan fingerprint density at radius 3 is 2.77 bits per heavy atom. The topological polar surface area (TPSA) is 85.3 Å². The van der Waals surface area contributed by atoms with Gasteiger partial charge >= 0.3 is 11.9 Å². The lowest BCUT2D eigenvalue weighted by atomic mass is 9.42. The number of methoxy groups -OCH3 is 1. The summed E-state index contributed by atoms with van der Waals surface area (Å²) < 4.78 is 18.2. The minimum Gasteiger partial charge on any atom is -0.462 e. The van der Waals surface area contributed by atoms with Crippen LogP contribution in [-0.4, -0.2) is 72.1 Å². The first kappa shape index (κ1) is 20.4. The minimum atomic E-state index is -1.21. The van der Waals surface area contributed by atoms with Crippen molar-refractivity contribution >= 4 is 11.9 Å². The molecule has 31 heavy (non-hydrogen) atoms. The number of ether oxygens (including phenoxy) is 3. The summed E-state index contributed by atoms with van der Waals surface area (Å²) in [6.07, 6.45) is 3.36. The number of rotatable bonds is 3. The molecule has 1 N–H and O–H groups in total. The molecule has 0 amide bonds. The maximum Gasteiger partial charge on any atom is 0.312 e. The summed E-state index contributed by atoms with van der Waals surface area (Å²) in [5.41, 5.74) is -1.58. The number of aliphatic hydroxyl groups is 1. The summed E-state index contributed by atoms with van der Waals surface area (Å²) in [6, 6.07) is 0.0427. The minimum absolute atomic E-state index is 0.0167. The normalized spacial score (nSPS) is 56.7. The third-order valence-corrected chi connectivity index (χ3v) is 10.4. The number of hydrogen-bond donors (Lipinski definition) is 1. The Kier molecular flexibility index (Phi) is 4.11. The van der Waals surface area contributed by atoms with E-state index in [1.165, 1.54) is 6.92 Å². The zero-order valence-electron chi connectivity index (χ0n) is 19.0. The van der Waals surface area contributed by atoms with E-state index in [0.29, 0.717) is 12.8 Å². The van der Waals surface area contributed by atoms with Crippen LogP contribution in [0.2, 0.25) is 0 Å². The monoisotopic (exact) mass is 433 g/mol. The van der Waals surface area contributed by atoms with E-state index < -0.39 is 17.6 Å². The second-order valence-corrected chi connectivity index (χ2v) is 11.4. The van der Waals surface area contributed by atoms with Gasteiger partial charge in [-0.3, -0.25) is 14.5 Å². The third-order valence-electron chi connectivity index (χ3n) is 10.4. The van der Waals surface area contributed by atoms with Crippen molar-refractivity contribution in [2.75, 3.05) is 20.2 Å². The molecule has 7 nitrogen and oxygen atoms in total. The molecule has 7 rings (SSSR count). The lowest BCUT2D eigenvalue weighted by Crippen LogP contribution is -2.76. The fraction of sp³-hybridized carbons (Fsp3) is 0.917. The van der Waals surface area contributed by atoms with Crippen LogP contribution < -0.4 is 0 Å². The molecule has 4 saturated carbocycles. The molecule has 3 aliphatic heterocycles. The zero-order valence-corrected chi connectivity index (χ0v) is 19.0. The molecule has 1 unspecified atom stereocenters. The molecule has 1 spiro atoms. The van der Waals surface area contributed by atoms with Crippen LogP contribution in [0.15, 0.2) is 0 Å². The van der Waals surface area contributed by atoms with Crippen LogP contribution in [0.1, 0.15) is 52.9 Å². The van der Waals surface area contributed by atoms with E-state index in [9.17, 15) is 14.7 Å². The van der Waals surface area contributed by atoms with Gasteiger partial charge in [0.15, 0.2) is 0 Å². The zero-order chi connectivity index (χ0) is 21.9. The van der Waals surface area contributed by atoms with E-state index in [2.05, 4.69) is 18.7 Å². The summed E-state index contributed by atoms with van der Waals surface area (Å²) in [7, 11) is 1.79. The lowest BCUT2D eigenvalue weighted by molar-refractivity contribution is -0.269. The lowest BCUT2D eigenvalue weighted by Gasteiger charge is -2.69. The molecule has 0 aromatic carbocycles. The van der Waals surface area contributed by atoms with Crippen molar-refractivity contribution in [1.82, 2.24) is 4.90 Å². The third kappa shape index (κ3) is 2.17. The first-order valence-corrected chi connectivity index (χ1v) is 12.1. The largest absolute Gasteiger partial charge is 0.462 e. The molecule has 3 heterocycles. The molecule has 4 aliphatic carbocycles. The van der Waals surface area contributed by atoms with E-state index in [0.717, 1.165) is 32.4 Å². The fourth-order valence-electron chi connectivity index (χ4n) is 9.93. The van der Waals surface area contributed by atoms with E-state index in [4.69, 9.17) is 14.2 Å². The van der Waals surface area contributed by atoms with Crippen molar-refractivity contribution in [2.45, 2.75) is 82.8 Å².